The van der Waals surface area contributed by atoms with Crippen LogP contribution in [0.1, 0.15) is 226 Å². The van der Waals surface area contributed by atoms with Gasteiger partial charge in [-0.2, -0.15) is 0 Å². The molecule has 0 rings (SSSR count). The number of amides is 2. The van der Waals surface area contributed by atoms with Crippen molar-refractivity contribution in [3.05, 3.63) is 0 Å². The SMILES string of the molecule is CCCCCCCCCCCCCCCC(=O)NCCCC[N+](C)(C)C(C)(CCCNC(=O)CCCCCCCCCCCCCCC)C(=O)[O-]. The average molecular weight is 722 g/mol. The molecule has 0 aromatic carbocycles. The van der Waals surface area contributed by atoms with Crippen molar-refractivity contribution in [3.8, 4) is 0 Å². The first-order chi connectivity index (χ1) is 24.6. The van der Waals surface area contributed by atoms with E-state index in [4.69, 9.17) is 0 Å². The molecule has 2 amide bonds. The van der Waals surface area contributed by atoms with Crippen LogP contribution >= 0.6 is 0 Å². The second-order valence-corrected chi connectivity index (χ2v) is 16.5. The van der Waals surface area contributed by atoms with Gasteiger partial charge in [0.15, 0.2) is 0 Å². The van der Waals surface area contributed by atoms with Crippen LogP contribution in [0.15, 0.2) is 0 Å². The number of nitrogens with one attached hydrogen (secondary N) is 2. The quantitative estimate of drug-likeness (QED) is 0.0488. The number of unbranched alkanes of at least 4 members (excludes halogenated alkanes) is 25. The van der Waals surface area contributed by atoms with Crippen molar-refractivity contribution in [2.45, 2.75) is 232 Å². The summed E-state index contributed by atoms with van der Waals surface area (Å²) in [5, 5.41) is 18.4. The molecular formula is C44H87N3O4. The van der Waals surface area contributed by atoms with Crippen molar-refractivity contribution >= 4 is 17.8 Å². The predicted octanol–water partition coefficient (Wildman–Crippen LogP) is 10.3. The van der Waals surface area contributed by atoms with Crippen LogP contribution in [0, 0.1) is 0 Å². The van der Waals surface area contributed by atoms with Crippen molar-refractivity contribution in [3.63, 3.8) is 0 Å². The molecule has 2 N–H and O–H groups in total. The molecule has 0 fully saturated rings. The zero-order valence-electron chi connectivity index (χ0n) is 34.8. The van der Waals surface area contributed by atoms with Gasteiger partial charge in [0.1, 0.15) is 11.5 Å². The number of quaternary nitrogens is 1. The van der Waals surface area contributed by atoms with Crippen molar-refractivity contribution in [1.82, 2.24) is 10.6 Å². The lowest BCUT2D eigenvalue weighted by atomic mass is 9.91. The Balaban J connectivity index is 3.92. The number of hydrogen-bond donors (Lipinski definition) is 2. The van der Waals surface area contributed by atoms with Gasteiger partial charge in [0.2, 0.25) is 11.8 Å². The van der Waals surface area contributed by atoms with Gasteiger partial charge < -0.3 is 25.0 Å². The van der Waals surface area contributed by atoms with Crippen LogP contribution in [0.5, 0.6) is 0 Å². The monoisotopic (exact) mass is 722 g/mol. The molecule has 0 spiro atoms. The molecule has 302 valence electrons. The van der Waals surface area contributed by atoms with Gasteiger partial charge in [-0.3, -0.25) is 9.59 Å². The van der Waals surface area contributed by atoms with E-state index >= 15 is 0 Å². The Labute approximate surface area is 317 Å². The van der Waals surface area contributed by atoms with Gasteiger partial charge in [0.05, 0.1) is 20.6 Å². The first kappa shape index (κ1) is 49.4. The van der Waals surface area contributed by atoms with Crippen LogP contribution in [0.2, 0.25) is 0 Å². The molecular weight excluding hydrogens is 635 g/mol. The lowest BCUT2D eigenvalue weighted by molar-refractivity contribution is -0.933. The van der Waals surface area contributed by atoms with E-state index in [1.165, 1.54) is 141 Å². The number of carbonyl (C=O) groups is 3. The second kappa shape index (κ2) is 34.2. The molecule has 7 nitrogen and oxygen atoms in total. The molecule has 0 aliphatic carbocycles. The number of likely N-dealkylation sites (N-methyl/N-ethyl adjacent to an activating group) is 1. The highest BCUT2D eigenvalue weighted by atomic mass is 16.4. The van der Waals surface area contributed by atoms with Crippen LogP contribution in [-0.2, 0) is 14.4 Å². The summed E-state index contributed by atoms with van der Waals surface area (Å²) >= 11 is 0. The molecule has 0 saturated heterocycles. The number of aliphatic carboxylic acids is 1. The van der Waals surface area contributed by atoms with Crippen molar-refractivity contribution in [2.75, 3.05) is 33.7 Å². The van der Waals surface area contributed by atoms with E-state index in [2.05, 4.69) is 24.5 Å². The standard InChI is InChI=1S/C44H87N3O4/c1-6-8-10-12-14-16-18-20-22-24-26-28-30-35-41(48)45-38-32-33-40-47(4,5)44(3,43(50)51)37-34-39-46-42(49)36-31-29-27-25-23-21-19-17-15-13-11-9-7-2/h6-40H2,1-5H3,(H2-,45,46,48,49,50,51). The maximum absolute atomic E-state index is 12.3. The molecule has 0 radical (unpaired) electrons. The smallest absolute Gasteiger partial charge is 0.219 e. The largest absolute Gasteiger partial charge is 0.544 e. The van der Waals surface area contributed by atoms with Crippen LogP contribution in [0.25, 0.3) is 0 Å². The summed E-state index contributed by atoms with van der Waals surface area (Å²) in [6.07, 6.45) is 37.5. The van der Waals surface area contributed by atoms with Crippen molar-refractivity contribution in [2.24, 2.45) is 0 Å². The Hall–Kier alpha value is -1.63. The highest BCUT2D eigenvalue weighted by molar-refractivity contribution is 5.76. The molecule has 0 heterocycles. The highest BCUT2D eigenvalue weighted by Crippen LogP contribution is 2.26. The van der Waals surface area contributed by atoms with Crippen LogP contribution < -0.4 is 15.7 Å². The zero-order chi connectivity index (χ0) is 37.9. The van der Waals surface area contributed by atoms with Gasteiger partial charge in [-0.05, 0) is 39.0 Å². The van der Waals surface area contributed by atoms with E-state index in [1.807, 2.05) is 14.1 Å². The Kier molecular flexibility index (Phi) is 33.1. The summed E-state index contributed by atoms with van der Waals surface area (Å²) in [6.45, 7) is 8.11. The third-order valence-electron chi connectivity index (χ3n) is 11.4. The van der Waals surface area contributed by atoms with Crippen molar-refractivity contribution < 1.29 is 24.0 Å². The molecule has 0 aromatic heterocycles. The van der Waals surface area contributed by atoms with Crippen LogP contribution in [0.3, 0.4) is 0 Å². The summed E-state index contributed by atoms with van der Waals surface area (Å²) in [4.78, 5) is 37.0. The van der Waals surface area contributed by atoms with E-state index in [1.54, 1.807) is 6.92 Å². The maximum Gasteiger partial charge on any atom is 0.219 e. The van der Waals surface area contributed by atoms with E-state index in [0.717, 1.165) is 38.5 Å². The molecule has 7 heteroatoms. The lowest BCUT2D eigenvalue weighted by Gasteiger charge is -2.47. The fourth-order valence-electron chi connectivity index (χ4n) is 7.20. The Morgan fingerprint density at radius 1 is 0.471 bits per heavy atom. The molecule has 0 aromatic rings. The number of carboxylic acids is 1. The second-order valence-electron chi connectivity index (χ2n) is 16.5. The van der Waals surface area contributed by atoms with Gasteiger partial charge in [0, 0.05) is 32.4 Å². The summed E-state index contributed by atoms with van der Waals surface area (Å²) in [6, 6.07) is 0. The van der Waals surface area contributed by atoms with E-state index in [0.29, 0.717) is 49.8 Å². The zero-order valence-corrected chi connectivity index (χ0v) is 34.8. The third kappa shape index (κ3) is 28.5. The summed E-state index contributed by atoms with van der Waals surface area (Å²) in [5.74, 6) is -0.849. The van der Waals surface area contributed by atoms with E-state index in [9.17, 15) is 19.5 Å². The minimum absolute atomic E-state index is 0.0677. The normalized spacial score (nSPS) is 12.9. The number of hydrogen-bond acceptors (Lipinski definition) is 4. The fraction of sp³-hybridized carbons (Fsp3) is 0.932. The highest BCUT2D eigenvalue weighted by Gasteiger charge is 2.41. The number of rotatable bonds is 39. The van der Waals surface area contributed by atoms with Gasteiger partial charge in [-0.15, -0.1) is 0 Å². The first-order valence-corrected chi connectivity index (χ1v) is 22.2. The number of nitrogens with zero attached hydrogens (tertiary/aromatic N) is 1. The Bertz CT molecular complexity index is 833. The number of carbonyl (C=O) groups excluding carboxylic acids is 3. The first-order valence-electron chi connectivity index (χ1n) is 22.2. The van der Waals surface area contributed by atoms with E-state index in [-0.39, 0.29) is 11.8 Å². The summed E-state index contributed by atoms with van der Waals surface area (Å²) in [7, 11) is 3.91. The van der Waals surface area contributed by atoms with Crippen molar-refractivity contribution in [1.29, 1.82) is 0 Å². The fourth-order valence-corrected chi connectivity index (χ4v) is 7.20. The van der Waals surface area contributed by atoms with E-state index < -0.39 is 11.5 Å². The Morgan fingerprint density at radius 2 is 0.784 bits per heavy atom. The molecule has 1 unspecified atom stereocenters. The molecule has 0 bridgehead atoms. The summed E-state index contributed by atoms with van der Waals surface area (Å²) in [5.41, 5.74) is -1.04. The van der Waals surface area contributed by atoms with Gasteiger partial charge in [0.25, 0.3) is 0 Å². The Morgan fingerprint density at radius 3 is 1.12 bits per heavy atom. The number of carboxylic acid groups (broad SMARTS) is 1. The van der Waals surface area contributed by atoms with Crippen LogP contribution in [-0.4, -0.2) is 61.5 Å². The third-order valence-corrected chi connectivity index (χ3v) is 11.4. The lowest BCUT2D eigenvalue weighted by Crippen LogP contribution is -2.66. The maximum atomic E-state index is 12.3. The minimum Gasteiger partial charge on any atom is -0.544 e. The average Bonchev–Trinajstić information content (AvgIpc) is 3.10. The van der Waals surface area contributed by atoms with Gasteiger partial charge in [-0.1, -0.05) is 168 Å². The minimum atomic E-state index is -1.04. The summed E-state index contributed by atoms with van der Waals surface area (Å²) < 4.78 is 0.315. The predicted molar refractivity (Wildman–Crippen MR) is 215 cm³/mol. The molecule has 0 saturated carbocycles. The molecule has 0 aliphatic rings. The topological polar surface area (TPSA) is 98.3 Å². The van der Waals surface area contributed by atoms with Crippen LogP contribution in [0.4, 0.5) is 0 Å². The molecule has 51 heavy (non-hydrogen) atoms. The van der Waals surface area contributed by atoms with Gasteiger partial charge >= 0.3 is 0 Å². The molecule has 0 aliphatic heterocycles. The van der Waals surface area contributed by atoms with Gasteiger partial charge in [-0.25, -0.2) is 0 Å². The molecule has 1 atom stereocenters.